The Labute approximate surface area is 142 Å². The first-order valence-corrected chi connectivity index (χ1v) is 9.08. The van der Waals surface area contributed by atoms with Gasteiger partial charge in [-0.2, -0.15) is 5.10 Å². The highest BCUT2D eigenvalue weighted by molar-refractivity contribution is 7.90. The van der Waals surface area contributed by atoms with Crippen LogP contribution in [0.3, 0.4) is 0 Å². The fourth-order valence-corrected chi connectivity index (χ4v) is 2.76. The van der Waals surface area contributed by atoms with E-state index in [9.17, 15) is 18.3 Å². The molecule has 3 aromatic rings. The van der Waals surface area contributed by atoms with E-state index < -0.39 is 21.6 Å². The molecule has 25 heavy (non-hydrogen) atoms. The molecule has 0 aliphatic heterocycles. The zero-order chi connectivity index (χ0) is 18.0. The lowest BCUT2D eigenvalue weighted by Gasteiger charge is -2.14. The lowest BCUT2D eigenvalue weighted by atomic mass is 10.2. The van der Waals surface area contributed by atoms with Crippen molar-refractivity contribution in [2.75, 3.05) is 11.6 Å². The third-order valence-electron chi connectivity index (χ3n) is 3.42. The molecule has 2 heterocycles. The van der Waals surface area contributed by atoms with Crippen molar-refractivity contribution < 1.29 is 13.5 Å². The fraction of sp³-hybridized carbons (Fsp3) is 0.133. The first-order valence-electron chi connectivity index (χ1n) is 7.18. The van der Waals surface area contributed by atoms with Crippen LogP contribution in [0.1, 0.15) is 11.8 Å². The first-order chi connectivity index (χ1) is 11.8. The zero-order valence-electron chi connectivity index (χ0n) is 13.1. The number of aliphatic hydroxyl groups is 1. The molecule has 1 aromatic carbocycles. The molecule has 0 spiro atoms. The van der Waals surface area contributed by atoms with Gasteiger partial charge in [0.2, 0.25) is 5.95 Å². The Morgan fingerprint density at radius 3 is 2.56 bits per heavy atom. The van der Waals surface area contributed by atoms with E-state index in [1.54, 1.807) is 18.5 Å². The fourth-order valence-electron chi connectivity index (χ4n) is 2.13. The summed E-state index contributed by atoms with van der Waals surface area (Å²) in [5.74, 6) is 0.243. The van der Waals surface area contributed by atoms with Crippen LogP contribution < -0.4 is 10.9 Å². The monoisotopic (exact) mass is 361 g/mol. The topological polar surface area (TPSA) is 130 Å². The Hall–Kier alpha value is -2.98. The van der Waals surface area contributed by atoms with Gasteiger partial charge in [0, 0.05) is 24.2 Å². The normalized spacial score (nSPS) is 12.7. The molecule has 0 radical (unpaired) electrons. The van der Waals surface area contributed by atoms with Crippen LogP contribution in [0.2, 0.25) is 0 Å². The molecule has 0 aliphatic rings. The molecule has 0 aliphatic carbocycles. The maximum atomic E-state index is 12.1. The Morgan fingerprint density at radius 1 is 1.28 bits per heavy atom. The molecule has 0 bridgehead atoms. The molecule has 130 valence electrons. The molecule has 9 nitrogen and oxygen atoms in total. The van der Waals surface area contributed by atoms with E-state index in [2.05, 4.69) is 20.4 Å². The standard InChI is InChI=1S/C15H15N5O4S/c1-25(23,24)11-5-3-10(4-6-11)13(21)18-12-9-16-15(19-14(12)22)20-8-2-7-17-20/h2-9,13,18,21H,1H3,(H,16,19,22). The molecule has 0 amide bonds. The number of sulfone groups is 1. The van der Waals surface area contributed by atoms with E-state index in [4.69, 9.17) is 0 Å². The van der Waals surface area contributed by atoms with E-state index in [1.165, 1.54) is 35.1 Å². The summed E-state index contributed by atoms with van der Waals surface area (Å²) in [6.45, 7) is 0. The zero-order valence-corrected chi connectivity index (χ0v) is 13.9. The van der Waals surface area contributed by atoms with Gasteiger partial charge in [-0.3, -0.25) is 9.78 Å². The van der Waals surface area contributed by atoms with Crippen LogP contribution in [-0.4, -0.2) is 39.5 Å². The van der Waals surface area contributed by atoms with Crippen molar-refractivity contribution in [1.82, 2.24) is 19.7 Å². The summed E-state index contributed by atoms with van der Waals surface area (Å²) < 4.78 is 24.3. The van der Waals surface area contributed by atoms with Crippen LogP contribution >= 0.6 is 0 Å². The van der Waals surface area contributed by atoms with Crippen LogP contribution in [0.5, 0.6) is 0 Å². The summed E-state index contributed by atoms with van der Waals surface area (Å²) in [7, 11) is -3.31. The minimum absolute atomic E-state index is 0.0654. The van der Waals surface area contributed by atoms with Gasteiger partial charge in [0.1, 0.15) is 5.69 Å². The smallest absolute Gasteiger partial charge is 0.275 e. The molecule has 10 heteroatoms. The summed E-state index contributed by atoms with van der Waals surface area (Å²) in [5.41, 5.74) is -0.00847. The maximum Gasteiger partial charge on any atom is 0.275 e. The van der Waals surface area contributed by atoms with Crippen molar-refractivity contribution in [2.24, 2.45) is 0 Å². The SMILES string of the molecule is CS(=O)(=O)c1ccc(C(O)Nc2cnc(-n3cccn3)[nH]c2=O)cc1. The number of aromatic amines is 1. The average Bonchev–Trinajstić information content (AvgIpc) is 3.10. The molecule has 0 saturated heterocycles. The quantitative estimate of drug-likeness (QED) is 0.563. The highest BCUT2D eigenvalue weighted by Gasteiger charge is 2.13. The number of nitrogens with zero attached hydrogens (tertiary/aromatic N) is 3. The second-order valence-electron chi connectivity index (χ2n) is 5.29. The summed E-state index contributed by atoms with van der Waals surface area (Å²) in [4.78, 5) is 18.9. The molecule has 0 saturated carbocycles. The predicted molar refractivity (Wildman–Crippen MR) is 90.1 cm³/mol. The second kappa shape index (κ2) is 6.49. The van der Waals surface area contributed by atoms with Gasteiger partial charge in [-0.1, -0.05) is 12.1 Å². The van der Waals surface area contributed by atoms with Crippen LogP contribution in [0.15, 0.2) is 58.6 Å². The third kappa shape index (κ3) is 3.75. The summed E-state index contributed by atoms with van der Waals surface area (Å²) >= 11 is 0. The van der Waals surface area contributed by atoms with Gasteiger partial charge in [0.25, 0.3) is 5.56 Å². The van der Waals surface area contributed by atoms with E-state index in [-0.39, 0.29) is 16.5 Å². The Kier molecular flexibility index (Phi) is 4.38. The number of aliphatic hydroxyl groups excluding tert-OH is 1. The van der Waals surface area contributed by atoms with Gasteiger partial charge >= 0.3 is 0 Å². The molecule has 3 N–H and O–H groups in total. The minimum atomic E-state index is -3.31. The van der Waals surface area contributed by atoms with Crippen LogP contribution in [0.4, 0.5) is 5.69 Å². The van der Waals surface area contributed by atoms with Crippen LogP contribution in [0.25, 0.3) is 5.95 Å². The lowest BCUT2D eigenvalue weighted by molar-refractivity contribution is 0.208. The van der Waals surface area contributed by atoms with E-state index in [0.717, 1.165) is 6.26 Å². The Bertz CT molecular complexity index is 1030. The predicted octanol–water partition coefficient (Wildman–Crippen LogP) is 0.462. The van der Waals surface area contributed by atoms with Gasteiger partial charge in [0.15, 0.2) is 16.1 Å². The molecule has 3 rings (SSSR count). The number of rotatable bonds is 5. The number of hydrogen-bond donors (Lipinski definition) is 3. The van der Waals surface area contributed by atoms with E-state index in [0.29, 0.717) is 5.56 Å². The number of nitrogens with one attached hydrogen (secondary N) is 2. The van der Waals surface area contributed by atoms with Crippen molar-refractivity contribution in [3.05, 3.63) is 64.8 Å². The highest BCUT2D eigenvalue weighted by Crippen LogP contribution is 2.17. The number of benzene rings is 1. The molecular formula is C15H15N5O4S. The van der Waals surface area contributed by atoms with Gasteiger partial charge in [-0.25, -0.2) is 18.1 Å². The van der Waals surface area contributed by atoms with Gasteiger partial charge < -0.3 is 10.4 Å². The van der Waals surface area contributed by atoms with Gasteiger partial charge in [-0.15, -0.1) is 0 Å². The highest BCUT2D eigenvalue weighted by atomic mass is 32.2. The summed E-state index contributed by atoms with van der Waals surface area (Å²) in [6.07, 6.45) is 4.36. The minimum Gasteiger partial charge on any atom is -0.369 e. The molecule has 2 aromatic heterocycles. The largest absolute Gasteiger partial charge is 0.369 e. The lowest BCUT2D eigenvalue weighted by Crippen LogP contribution is -2.20. The van der Waals surface area contributed by atoms with Crippen molar-refractivity contribution in [1.29, 1.82) is 0 Å². The van der Waals surface area contributed by atoms with E-state index in [1.807, 2.05) is 0 Å². The number of H-pyrrole nitrogens is 1. The molecular weight excluding hydrogens is 346 g/mol. The second-order valence-corrected chi connectivity index (χ2v) is 7.30. The molecule has 1 atom stereocenters. The summed E-state index contributed by atoms with van der Waals surface area (Å²) in [6, 6.07) is 7.40. The van der Waals surface area contributed by atoms with Crippen molar-refractivity contribution >= 4 is 15.5 Å². The van der Waals surface area contributed by atoms with Gasteiger partial charge in [-0.05, 0) is 18.2 Å². The van der Waals surface area contributed by atoms with Crippen LogP contribution in [0, 0.1) is 0 Å². The molecule has 1 unspecified atom stereocenters. The van der Waals surface area contributed by atoms with Crippen LogP contribution in [-0.2, 0) is 9.84 Å². The third-order valence-corrected chi connectivity index (χ3v) is 4.55. The van der Waals surface area contributed by atoms with E-state index >= 15 is 0 Å². The number of aromatic nitrogens is 4. The Morgan fingerprint density at radius 2 is 2.00 bits per heavy atom. The summed E-state index contributed by atoms with van der Waals surface area (Å²) in [5, 5.41) is 16.8. The number of hydrogen-bond acceptors (Lipinski definition) is 7. The van der Waals surface area contributed by atoms with Crippen molar-refractivity contribution in [2.45, 2.75) is 11.1 Å². The Balaban J connectivity index is 1.79. The van der Waals surface area contributed by atoms with Gasteiger partial charge in [0.05, 0.1) is 11.1 Å². The average molecular weight is 361 g/mol. The first kappa shape index (κ1) is 16.9. The number of anilines is 1. The van der Waals surface area contributed by atoms with Crippen molar-refractivity contribution in [3.8, 4) is 5.95 Å². The molecule has 0 fully saturated rings. The van der Waals surface area contributed by atoms with Crippen molar-refractivity contribution in [3.63, 3.8) is 0 Å². The maximum absolute atomic E-state index is 12.1.